The molecule has 0 saturated carbocycles. The van der Waals surface area contributed by atoms with Crippen LogP contribution in [0.1, 0.15) is 11.1 Å². The summed E-state index contributed by atoms with van der Waals surface area (Å²) in [7, 11) is 0. The summed E-state index contributed by atoms with van der Waals surface area (Å²) in [4.78, 5) is 11.9. The predicted octanol–water partition coefficient (Wildman–Crippen LogP) is 4.36. The summed E-state index contributed by atoms with van der Waals surface area (Å²) >= 11 is 6.06. The first-order chi connectivity index (χ1) is 12.1. The van der Waals surface area contributed by atoms with E-state index in [4.69, 9.17) is 11.6 Å². The average molecular weight is 352 g/mol. The van der Waals surface area contributed by atoms with E-state index in [0.29, 0.717) is 5.02 Å². The minimum atomic E-state index is -0.226. The fourth-order valence-electron chi connectivity index (χ4n) is 2.48. The van der Waals surface area contributed by atoms with Crippen molar-refractivity contribution >= 4 is 40.2 Å². The van der Waals surface area contributed by atoms with Gasteiger partial charge < -0.3 is 5.32 Å². The monoisotopic (exact) mass is 351 g/mol. The van der Waals surface area contributed by atoms with E-state index in [1.165, 1.54) is 5.39 Å². The number of hydrogen-bond donors (Lipinski definition) is 2. The number of carbonyl (C=O) groups excluding carboxylic acids is 1. The van der Waals surface area contributed by atoms with Crippen molar-refractivity contribution in [2.75, 3.05) is 11.9 Å². The lowest BCUT2D eigenvalue weighted by molar-refractivity contribution is -0.119. The van der Waals surface area contributed by atoms with Crippen molar-refractivity contribution < 1.29 is 4.79 Å². The summed E-state index contributed by atoms with van der Waals surface area (Å²) < 4.78 is 0. The van der Waals surface area contributed by atoms with Gasteiger partial charge in [0.05, 0.1) is 12.8 Å². The van der Waals surface area contributed by atoms with E-state index in [9.17, 15) is 4.79 Å². The van der Waals surface area contributed by atoms with Crippen molar-refractivity contribution in [3.05, 3.63) is 76.8 Å². The predicted molar refractivity (Wildman–Crippen MR) is 104 cm³/mol. The van der Waals surface area contributed by atoms with Gasteiger partial charge in [-0.05, 0) is 47.0 Å². The van der Waals surface area contributed by atoms with Crippen LogP contribution < -0.4 is 10.7 Å². The number of carbonyl (C=O) groups is 1. The van der Waals surface area contributed by atoms with Gasteiger partial charge in [0.15, 0.2) is 0 Å². The first-order valence-electron chi connectivity index (χ1n) is 7.93. The van der Waals surface area contributed by atoms with Gasteiger partial charge in [0.25, 0.3) is 5.91 Å². The Morgan fingerprint density at radius 1 is 1.08 bits per heavy atom. The van der Waals surface area contributed by atoms with Crippen LogP contribution >= 0.6 is 11.6 Å². The van der Waals surface area contributed by atoms with E-state index in [0.717, 1.165) is 22.2 Å². The summed E-state index contributed by atoms with van der Waals surface area (Å²) in [5, 5.41) is 10.0. The molecule has 3 aromatic carbocycles. The molecule has 4 nitrogen and oxygen atoms in total. The topological polar surface area (TPSA) is 53.5 Å². The van der Waals surface area contributed by atoms with Crippen LogP contribution in [0.5, 0.6) is 0 Å². The van der Waals surface area contributed by atoms with Crippen molar-refractivity contribution in [1.82, 2.24) is 5.43 Å². The zero-order chi connectivity index (χ0) is 17.6. The highest BCUT2D eigenvalue weighted by Gasteiger charge is 2.04. The first kappa shape index (κ1) is 17.0. The summed E-state index contributed by atoms with van der Waals surface area (Å²) in [6.07, 6.45) is 1.63. The molecule has 0 spiro atoms. The van der Waals surface area contributed by atoms with Crippen LogP contribution in [0.3, 0.4) is 0 Å². The Bertz CT molecular complexity index is 937. The lowest BCUT2D eigenvalue weighted by Crippen LogP contribution is -2.26. The maximum absolute atomic E-state index is 11.9. The van der Waals surface area contributed by atoms with Crippen LogP contribution in [0.15, 0.2) is 65.8 Å². The lowest BCUT2D eigenvalue weighted by atomic mass is 10.1. The van der Waals surface area contributed by atoms with Crippen LogP contribution in [0.4, 0.5) is 5.69 Å². The van der Waals surface area contributed by atoms with Crippen LogP contribution in [-0.2, 0) is 4.79 Å². The summed E-state index contributed by atoms with van der Waals surface area (Å²) in [5.74, 6) is -0.226. The number of amides is 1. The van der Waals surface area contributed by atoms with Gasteiger partial charge in [0.2, 0.25) is 0 Å². The molecule has 0 aliphatic carbocycles. The van der Waals surface area contributed by atoms with E-state index < -0.39 is 0 Å². The number of rotatable bonds is 5. The van der Waals surface area contributed by atoms with Crippen LogP contribution in [-0.4, -0.2) is 18.7 Å². The SMILES string of the molecule is Cc1c(Cl)cccc1NCC(=O)N/N=C/c1ccc2ccccc2c1. The molecule has 0 aliphatic heterocycles. The maximum atomic E-state index is 11.9. The van der Waals surface area contributed by atoms with Crippen molar-refractivity contribution in [2.45, 2.75) is 6.92 Å². The Hall–Kier alpha value is -2.85. The number of fused-ring (bicyclic) bond motifs is 1. The summed E-state index contributed by atoms with van der Waals surface area (Å²) in [6, 6.07) is 19.7. The van der Waals surface area contributed by atoms with E-state index in [1.54, 1.807) is 6.21 Å². The Balaban J connectivity index is 1.56. The van der Waals surface area contributed by atoms with E-state index in [-0.39, 0.29) is 12.5 Å². The Labute approximate surface area is 151 Å². The molecule has 0 saturated heterocycles. The quantitative estimate of drug-likeness (QED) is 0.530. The number of nitrogens with one attached hydrogen (secondary N) is 2. The third-order valence-electron chi connectivity index (χ3n) is 3.88. The van der Waals surface area contributed by atoms with Gasteiger partial charge in [-0.3, -0.25) is 4.79 Å². The Kier molecular flexibility index (Phi) is 5.31. The highest BCUT2D eigenvalue weighted by atomic mass is 35.5. The molecule has 25 heavy (non-hydrogen) atoms. The zero-order valence-corrected chi connectivity index (χ0v) is 14.5. The number of hydrazone groups is 1. The summed E-state index contributed by atoms with van der Waals surface area (Å²) in [5.41, 5.74) is 5.19. The first-order valence-corrected chi connectivity index (χ1v) is 8.31. The maximum Gasteiger partial charge on any atom is 0.259 e. The van der Waals surface area contributed by atoms with E-state index in [2.05, 4.69) is 21.9 Å². The Morgan fingerprint density at radius 2 is 1.88 bits per heavy atom. The van der Waals surface area contributed by atoms with E-state index in [1.807, 2.05) is 61.5 Å². The molecule has 3 rings (SSSR count). The molecule has 0 aromatic heterocycles. The lowest BCUT2D eigenvalue weighted by Gasteiger charge is -2.09. The van der Waals surface area contributed by atoms with Gasteiger partial charge >= 0.3 is 0 Å². The number of hydrogen-bond acceptors (Lipinski definition) is 3. The number of halogens is 1. The van der Waals surface area contributed by atoms with Crippen LogP contribution in [0, 0.1) is 6.92 Å². The normalized spacial score (nSPS) is 11.0. The highest BCUT2D eigenvalue weighted by molar-refractivity contribution is 6.31. The fourth-order valence-corrected chi connectivity index (χ4v) is 2.66. The van der Waals surface area contributed by atoms with E-state index >= 15 is 0 Å². The second-order valence-corrected chi connectivity index (χ2v) is 6.07. The van der Waals surface area contributed by atoms with Gasteiger partial charge in [-0.1, -0.05) is 54.1 Å². The molecule has 1 amide bonds. The van der Waals surface area contributed by atoms with Gasteiger partial charge in [-0.15, -0.1) is 0 Å². The molecule has 126 valence electrons. The zero-order valence-electron chi connectivity index (χ0n) is 13.8. The number of anilines is 1. The molecular weight excluding hydrogens is 334 g/mol. The van der Waals surface area contributed by atoms with Gasteiger partial charge in [-0.25, -0.2) is 5.43 Å². The second kappa shape index (κ2) is 7.81. The average Bonchev–Trinajstić information content (AvgIpc) is 2.63. The molecule has 0 heterocycles. The molecule has 0 bridgehead atoms. The van der Waals surface area contributed by atoms with Gasteiger partial charge in [-0.2, -0.15) is 5.10 Å². The molecule has 0 aliphatic rings. The molecule has 3 aromatic rings. The van der Waals surface area contributed by atoms with Crippen LogP contribution in [0.2, 0.25) is 5.02 Å². The molecular formula is C20H18ClN3O. The minimum absolute atomic E-state index is 0.121. The smallest absolute Gasteiger partial charge is 0.259 e. The molecule has 0 radical (unpaired) electrons. The second-order valence-electron chi connectivity index (χ2n) is 5.67. The molecule has 0 fully saturated rings. The van der Waals surface area contributed by atoms with Gasteiger partial charge in [0.1, 0.15) is 0 Å². The molecule has 5 heteroatoms. The largest absolute Gasteiger partial charge is 0.376 e. The fraction of sp³-hybridized carbons (Fsp3) is 0.100. The third-order valence-corrected chi connectivity index (χ3v) is 4.29. The molecule has 2 N–H and O–H groups in total. The van der Waals surface area contributed by atoms with Crippen molar-refractivity contribution in [3.8, 4) is 0 Å². The highest BCUT2D eigenvalue weighted by Crippen LogP contribution is 2.22. The summed E-state index contributed by atoms with van der Waals surface area (Å²) in [6.45, 7) is 2.02. The third kappa shape index (κ3) is 4.37. The molecule has 0 unspecified atom stereocenters. The Morgan fingerprint density at radius 3 is 2.72 bits per heavy atom. The van der Waals surface area contributed by atoms with Gasteiger partial charge in [0, 0.05) is 10.7 Å². The van der Waals surface area contributed by atoms with Crippen molar-refractivity contribution in [1.29, 1.82) is 0 Å². The number of nitrogens with zero attached hydrogens (tertiary/aromatic N) is 1. The molecule has 0 atom stereocenters. The number of benzene rings is 3. The minimum Gasteiger partial charge on any atom is -0.376 e. The van der Waals surface area contributed by atoms with Crippen molar-refractivity contribution in [3.63, 3.8) is 0 Å². The standard InChI is InChI=1S/C20H18ClN3O/c1-14-18(21)7-4-8-19(14)22-13-20(25)24-23-12-15-9-10-16-5-2-3-6-17(16)11-15/h2-12,22H,13H2,1H3,(H,24,25)/b23-12+. The van der Waals surface area contributed by atoms with Crippen molar-refractivity contribution in [2.24, 2.45) is 5.10 Å². The van der Waals surface area contributed by atoms with Crippen LogP contribution in [0.25, 0.3) is 10.8 Å².